The molecule has 0 fully saturated rings. The smallest absolute Gasteiger partial charge is 0.241 e. The quantitative estimate of drug-likeness (QED) is 0.937. The molecule has 0 aromatic heterocycles. The molecule has 1 atom stereocenters. The lowest BCUT2D eigenvalue weighted by Gasteiger charge is -2.33. The number of ether oxygens (including phenoxy) is 1. The molecule has 0 unspecified atom stereocenters. The maximum Gasteiger partial charge on any atom is 0.241 e. The molecule has 2 aromatic carbocycles. The number of carbonyl (C=O) groups is 1. The second kappa shape index (κ2) is 7.05. The molecule has 0 bridgehead atoms. The highest BCUT2D eigenvalue weighted by atomic mass is 16.5. The predicted molar refractivity (Wildman–Crippen MR) is 96.4 cm³/mol. The summed E-state index contributed by atoms with van der Waals surface area (Å²) in [5, 5.41) is 3.02. The molecule has 0 spiro atoms. The van der Waals surface area contributed by atoms with Crippen LogP contribution in [0.1, 0.15) is 23.6 Å². The van der Waals surface area contributed by atoms with Gasteiger partial charge in [0.1, 0.15) is 5.75 Å². The average molecular weight is 324 g/mol. The fourth-order valence-electron chi connectivity index (χ4n) is 3.17. The first-order valence-electron chi connectivity index (χ1n) is 8.35. The van der Waals surface area contributed by atoms with E-state index in [9.17, 15) is 4.79 Å². The third kappa shape index (κ3) is 3.44. The molecule has 1 aliphatic heterocycles. The standard InChI is InChI=1S/C20H24N2O2/c1-14-8-9-19(24-3)18(12-14)21-20(23)15(2)22-11-10-16-6-4-5-7-17(16)13-22/h4-9,12,15H,10-11,13H2,1-3H3,(H,21,23)/t15-/m1/s1. The fraction of sp³-hybridized carbons (Fsp3) is 0.350. The first-order valence-corrected chi connectivity index (χ1v) is 8.35. The number of hydrogen-bond acceptors (Lipinski definition) is 3. The summed E-state index contributed by atoms with van der Waals surface area (Å²) in [6.45, 7) is 5.68. The normalized spacial score (nSPS) is 15.5. The Hall–Kier alpha value is -2.33. The van der Waals surface area contributed by atoms with E-state index in [1.807, 2.05) is 32.0 Å². The van der Waals surface area contributed by atoms with Gasteiger partial charge in [-0.15, -0.1) is 0 Å². The number of rotatable bonds is 4. The van der Waals surface area contributed by atoms with Crippen LogP contribution in [0.2, 0.25) is 0 Å². The van der Waals surface area contributed by atoms with Gasteiger partial charge >= 0.3 is 0 Å². The highest BCUT2D eigenvalue weighted by molar-refractivity contribution is 5.96. The molecule has 0 radical (unpaired) electrons. The van der Waals surface area contributed by atoms with Gasteiger partial charge in [-0.3, -0.25) is 9.69 Å². The molecule has 3 rings (SSSR count). The lowest BCUT2D eigenvalue weighted by atomic mass is 9.99. The van der Waals surface area contributed by atoms with Crippen molar-refractivity contribution in [2.75, 3.05) is 19.0 Å². The molecule has 0 saturated carbocycles. The Bertz CT molecular complexity index is 742. The van der Waals surface area contributed by atoms with Crippen molar-refractivity contribution in [3.8, 4) is 5.75 Å². The molecule has 4 heteroatoms. The summed E-state index contributed by atoms with van der Waals surface area (Å²) in [4.78, 5) is 14.9. The Balaban J connectivity index is 1.71. The number of carbonyl (C=O) groups excluding carboxylic acids is 1. The van der Waals surface area contributed by atoms with E-state index < -0.39 is 0 Å². The zero-order chi connectivity index (χ0) is 17.1. The highest BCUT2D eigenvalue weighted by Crippen LogP contribution is 2.26. The number of fused-ring (bicyclic) bond motifs is 1. The minimum absolute atomic E-state index is 0.00159. The largest absolute Gasteiger partial charge is 0.495 e. The van der Waals surface area contributed by atoms with Gasteiger partial charge in [0, 0.05) is 13.1 Å². The first-order chi connectivity index (χ1) is 11.6. The maximum absolute atomic E-state index is 12.7. The van der Waals surface area contributed by atoms with Gasteiger partial charge in [-0.2, -0.15) is 0 Å². The number of aryl methyl sites for hydroxylation is 1. The number of nitrogens with zero attached hydrogens (tertiary/aromatic N) is 1. The Labute approximate surface area is 143 Å². The number of amides is 1. The van der Waals surface area contributed by atoms with Crippen molar-refractivity contribution in [2.24, 2.45) is 0 Å². The second-order valence-corrected chi connectivity index (χ2v) is 6.36. The van der Waals surface area contributed by atoms with Crippen molar-refractivity contribution in [3.63, 3.8) is 0 Å². The minimum atomic E-state index is -0.191. The molecule has 4 nitrogen and oxygen atoms in total. The topological polar surface area (TPSA) is 41.6 Å². The van der Waals surface area contributed by atoms with Gasteiger partial charge in [-0.1, -0.05) is 30.3 Å². The Morgan fingerprint density at radius 1 is 1.21 bits per heavy atom. The van der Waals surface area contributed by atoms with Crippen LogP contribution in [0.25, 0.3) is 0 Å². The highest BCUT2D eigenvalue weighted by Gasteiger charge is 2.25. The van der Waals surface area contributed by atoms with Gasteiger partial charge in [-0.05, 0) is 49.1 Å². The molecule has 2 aromatic rings. The van der Waals surface area contributed by atoms with Gasteiger partial charge in [-0.25, -0.2) is 0 Å². The number of benzene rings is 2. The Morgan fingerprint density at radius 3 is 2.71 bits per heavy atom. The van der Waals surface area contributed by atoms with E-state index >= 15 is 0 Å². The molecule has 0 saturated heterocycles. The minimum Gasteiger partial charge on any atom is -0.495 e. The summed E-state index contributed by atoms with van der Waals surface area (Å²) in [6, 6.07) is 14.1. The van der Waals surface area contributed by atoms with Crippen LogP contribution in [0, 0.1) is 6.92 Å². The zero-order valence-corrected chi connectivity index (χ0v) is 14.5. The fourth-order valence-corrected chi connectivity index (χ4v) is 3.17. The SMILES string of the molecule is COc1ccc(C)cc1NC(=O)[C@@H](C)N1CCc2ccccc2C1. The lowest BCUT2D eigenvalue weighted by Crippen LogP contribution is -2.44. The zero-order valence-electron chi connectivity index (χ0n) is 14.5. The van der Waals surface area contributed by atoms with Crippen LogP contribution in [0.15, 0.2) is 42.5 Å². The molecule has 126 valence electrons. The summed E-state index contributed by atoms with van der Waals surface area (Å²) in [6.07, 6.45) is 0.988. The second-order valence-electron chi connectivity index (χ2n) is 6.36. The predicted octanol–water partition coefficient (Wildman–Crippen LogP) is 3.39. The lowest BCUT2D eigenvalue weighted by molar-refractivity contribution is -0.121. The molecule has 1 N–H and O–H groups in total. The third-order valence-electron chi connectivity index (χ3n) is 4.70. The van der Waals surface area contributed by atoms with Crippen LogP contribution in [0.4, 0.5) is 5.69 Å². The first kappa shape index (κ1) is 16.5. The molecule has 0 aliphatic carbocycles. The Kier molecular flexibility index (Phi) is 4.86. The molecule has 1 amide bonds. The number of hydrogen-bond donors (Lipinski definition) is 1. The van der Waals surface area contributed by atoms with Crippen LogP contribution in [0.5, 0.6) is 5.75 Å². The summed E-state index contributed by atoms with van der Waals surface area (Å²) >= 11 is 0. The van der Waals surface area contributed by atoms with E-state index in [4.69, 9.17) is 4.74 Å². The van der Waals surface area contributed by atoms with E-state index in [1.165, 1.54) is 11.1 Å². The van der Waals surface area contributed by atoms with Crippen molar-refractivity contribution in [3.05, 3.63) is 59.2 Å². The average Bonchev–Trinajstić information content (AvgIpc) is 2.61. The summed E-state index contributed by atoms with van der Waals surface area (Å²) in [7, 11) is 1.62. The number of anilines is 1. The van der Waals surface area contributed by atoms with Crippen molar-refractivity contribution >= 4 is 11.6 Å². The van der Waals surface area contributed by atoms with Crippen LogP contribution >= 0.6 is 0 Å². The van der Waals surface area contributed by atoms with E-state index in [1.54, 1.807) is 7.11 Å². The van der Waals surface area contributed by atoms with Gasteiger partial charge in [0.25, 0.3) is 0 Å². The van der Waals surface area contributed by atoms with Crippen LogP contribution in [-0.4, -0.2) is 30.5 Å². The monoisotopic (exact) mass is 324 g/mol. The van der Waals surface area contributed by atoms with Crippen molar-refractivity contribution in [2.45, 2.75) is 32.9 Å². The van der Waals surface area contributed by atoms with Crippen LogP contribution < -0.4 is 10.1 Å². The van der Waals surface area contributed by atoms with Crippen LogP contribution in [0.3, 0.4) is 0 Å². The van der Waals surface area contributed by atoms with Crippen LogP contribution in [-0.2, 0) is 17.8 Å². The molecule has 1 aliphatic rings. The van der Waals surface area contributed by atoms with E-state index in [2.05, 4.69) is 34.5 Å². The van der Waals surface area contributed by atoms with Gasteiger partial charge < -0.3 is 10.1 Å². The summed E-state index contributed by atoms with van der Waals surface area (Å²) in [5.74, 6) is 0.684. The maximum atomic E-state index is 12.7. The van der Waals surface area contributed by atoms with E-state index in [0.717, 1.165) is 30.8 Å². The molecular formula is C20H24N2O2. The third-order valence-corrected chi connectivity index (χ3v) is 4.70. The number of methoxy groups -OCH3 is 1. The summed E-state index contributed by atoms with van der Waals surface area (Å²) in [5.41, 5.74) is 4.52. The van der Waals surface area contributed by atoms with Crippen molar-refractivity contribution in [1.82, 2.24) is 4.90 Å². The van der Waals surface area contributed by atoms with Gasteiger partial charge in [0.2, 0.25) is 5.91 Å². The van der Waals surface area contributed by atoms with Crippen molar-refractivity contribution in [1.29, 1.82) is 0 Å². The number of nitrogens with one attached hydrogen (secondary N) is 1. The molecule has 24 heavy (non-hydrogen) atoms. The Morgan fingerprint density at radius 2 is 1.96 bits per heavy atom. The molecular weight excluding hydrogens is 300 g/mol. The van der Waals surface area contributed by atoms with E-state index in [-0.39, 0.29) is 11.9 Å². The van der Waals surface area contributed by atoms with Crippen molar-refractivity contribution < 1.29 is 9.53 Å². The van der Waals surface area contributed by atoms with Gasteiger partial charge in [0.15, 0.2) is 0 Å². The molecule has 1 heterocycles. The van der Waals surface area contributed by atoms with Gasteiger partial charge in [0.05, 0.1) is 18.8 Å². The van der Waals surface area contributed by atoms with E-state index in [0.29, 0.717) is 5.75 Å². The summed E-state index contributed by atoms with van der Waals surface area (Å²) < 4.78 is 5.34.